The maximum Gasteiger partial charge on any atom is 0.235 e. The first-order valence-corrected chi connectivity index (χ1v) is 9.66. The third-order valence-electron chi connectivity index (χ3n) is 4.42. The van der Waals surface area contributed by atoms with Crippen LogP contribution >= 0.6 is 11.8 Å². The van der Waals surface area contributed by atoms with E-state index in [-0.39, 0.29) is 11.2 Å². The van der Waals surface area contributed by atoms with Crippen LogP contribution in [-0.2, 0) is 11.3 Å². The zero-order valence-electron chi connectivity index (χ0n) is 15.2. The molecule has 6 nitrogen and oxygen atoms in total. The fourth-order valence-corrected chi connectivity index (χ4v) is 3.97. The van der Waals surface area contributed by atoms with Crippen LogP contribution in [0.3, 0.4) is 0 Å². The lowest BCUT2D eigenvalue weighted by Crippen LogP contribution is -2.34. The molecule has 0 aliphatic carbocycles. The number of ether oxygens (including phenoxy) is 1. The van der Waals surface area contributed by atoms with Gasteiger partial charge in [-0.05, 0) is 44.0 Å². The van der Waals surface area contributed by atoms with Crippen molar-refractivity contribution in [3.63, 3.8) is 0 Å². The predicted molar refractivity (Wildman–Crippen MR) is 103 cm³/mol. The molecule has 1 aliphatic heterocycles. The number of allylic oxidation sites excluding steroid dienone is 1. The van der Waals surface area contributed by atoms with Crippen LogP contribution in [0.4, 0.5) is 0 Å². The number of rotatable bonds is 7. The Balaban J connectivity index is 1.81. The topological polar surface area (TPSA) is 60.2 Å². The normalized spacial score (nSPS) is 15.1. The van der Waals surface area contributed by atoms with E-state index in [1.165, 1.54) is 11.8 Å². The zero-order valence-corrected chi connectivity index (χ0v) is 16.0. The average molecular weight is 372 g/mol. The molecule has 0 bridgehead atoms. The first-order valence-electron chi connectivity index (χ1n) is 8.78. The monoisotopic (exact) mass is 372 g/mol. The Morgan fingerprint density at radius 3 is 2.62 bits per heavy atom. The molecule has 0 N–H and O–H groups in total. The van der Waals surface area contributed by atoms with Crippen molar-refractivity contribution in [2.24, 2.45) is 0 Å². The highest BCUT2D eigenvalue weighted by Gasteiger charge is 2.26. The highest BCUT2D eigenvalue weighted by molar-refractivity contribution is 8.00. The third kappa shape index (κ3) is 3.93. The van der Waals surface area contributed by atoms with Gasteiger partial charge in [-0.15, -0.1) is 16.8 Å². The van der Waals surface area contributed by atoms with Crippen LogP contribution in [0.5, 0.6) is 5.75 Å². The van der Waals surface area contributed by atoms with Crippen LogP contribution in [0.1, 0.15) is 19.8 Å². The Morgan fingerprint density at radius 1 is 1.31 bits per heavy atom. The number of thioether (sulfide) groups is 1. The van der Waals surface area contributed by atoms with Crippen molar-refractivity contribution in [2.45, 2.75) is 36.7 Å². The van der Waals surface area contributed by atoms with Crippen molar-refractivity contribution in [3.8, 4) is 17.1 Å². The van der Waals surface area contributed by atoms with Gasteiger partial charge in [0, 0.05) is 25.2 Å². The van der Waals surface area contributed by atoms with Crippen molar-refractivity contribution in [1.29, 1.82) is 0 Å². The lowest BCUT2D eigenvalue weighted by Gasteiger charge is -2.19. The summed E-state index contributed by atoms with van der Waals surface area (Å²) in [6.07, 6.45) is 4.00. The van der Waals surface area contributed by atoms with Crippen LogP contribution < -0.4 is 4.74 Å². The van der Waals surface area contributed by atoms with Gasteiger partial charge in [-0.25, -0.2) is 0 Å². The summed E-state index contributed by atoms with van der Waals surface area (Å²) >= 11 is 1.45. The number of methoxy groups -OCH3 is 1. The Kier molecular flexibility index (Phi) is 5.98. The first-order chi connectivity index (χ1) is 12.6. The first kappa shape index (κ1) is 18.5. The van der Waals surface area contributed by atoms with Crippen molar-refractivity contribution in [2.75, 3.05) is 20.2 Å². The quantitative estimate of drug-likeness (QED) is 0.552. The Morgan fingerprint density at radius 2 is 2.00 bits per heavy atom. The summed E-state index contributed by atoms with van der Waals surface area (Å²) in [4.78, 5) is 14.5. The summed E-state index contributed by atoms with van der Waals surface area (Å²) < 4.78 is 7.20. The maximum atomic E-state index is 12.6. The SMILES string of the molecule is C=CCn1c(S[C@H](C)C(=O)N2CCCC2)nnc1-c1ccc(OC)cc1. The van der Waals surface area contributed by atoms with E-state index < -0.39 is 0 Å². The van der Waals surface area contributed by atoms with Gasteiger partial charge in [-0.3, -0.25) is 9.36 Å². The number of aromatic nitrogens is 3. The number of carbonyl (C=O) groups excluding carboxylic acids is 1. The number of hydrogen-bond donors (Lipinski definition) is 0. The van der Waals surface area contributed by atoms with E-state index in [0.29, 0.717) is 6.54 Å². The Bertz CT molecular complexity index is 766. The predicted octanol–water partition coefficient (Wildman–Crippen LogP) is 3.24. The largest absolute Gasteiger partial charge is 0.497 e. The molecule has 0 spiro atoms. The molecule has 0 unspecified atom stereocenters. The molecule has 1 amide bonds. The van der Waals surface area contributed by atoms with Gasteiger partial charge in [0.25, 0.3) is 0 Å². The number of nitrogens with zero attached hydrogens (tertiary/aromatic N) is 4. The van der Waals surface area contributed by atoms with Gasteiger partial charge < -0.3 is 9.64 Å². The Hall–Kier alpha value is -2.28. The van der Waals surface area contributed by atoms with Crippen LogP contribution in [-0.4, -0.2) is 51.0 Å². The third-order valence-corrected chi connectivity index (χ3v) is 5.49. The molecule has 0 saturated carbocycles. The van der Waals surface area contributed by atoms with E-state index in [0.717, 1.165) is 48.2 Å². The van der Waals surface area contributed by atoms with Gasteiger partial charge in [0.1, 0.15) is 5.75 Å². The molecule has 0 radical (unpaired) electrons. The summed E-state index contributed by atoms with van der Waals surface area (Å²) in [6.45, 7) is 8.08. The van der Waals surface area contributed by atoms with Gasteiger partial charge in [0.05, 0.1) is 12.4 Å². The van der Waals surface area contributed by atoms with Crippen LogP contribution in [0.15, 0.2) is 42.1 Å². The summed E-state index contributed by atoms with van der Waals surface area (Å²) in [7, 11) is 1.64. The standard InChI is InChI=1S/C19H24N4O2S/c1-4-11-23-17(15-7-9-16(25-3)10-8-15)20-21-19(23)26-14(2)18(24)22-12-5-6-13-22/h4,7-10,14H,1,5-6,11-13H2,2-3H3/t14-/m1/s1. The van der Waals surface area contributed by atoms with Gasteiger partial charge in [0.2, 0.25) is 5.91 Å². The van der Waals surface area contributed by atoms with Crippen molar-refractivity contribution >= 4 is 17.7 Å². The molecule has 1 aromatic heterocycles. The fourth-order valence-electron chi connectivity index (χ4n) is 3.03. The van der Waals surface area contributed by atoms with Gasteiger partial charge in [-0.2, -0.15) is 0 Å². The lowest BCUT2D eigenvalue weighted by atomic mass is 10.2. The second kappa shape index (κ2) is 8.40. The summed E-state index contributed by atoms with van der Waals surface area (Å²) in [5, 5.41) is 9.22. The van der Waals surface area contributed by atoms with Gasteiger partial charge >= 0.3 is 0 Å². The van der Waals surface area contributed by atoms with E-state index in [4.69, 9.17) is 4.74 Å². The second-order valence-corrected chi connectivity index (χ2v) is 7.53. The molecule has 7 heteroatoms. The molecular formula is C19H24N4O2S. The van der Waals surface area contributed by atoms with Crippen LogP contribution in [0.25, 0.3) is 11.4 Å². The smallest absolute Gasteiger partial charge is 0.235 e. The number of benzene rings is 1. The molecule has 26 heavy (non-hydrogen) atoms. The minimum Gasteiger partial charge on any atom is -0.497 e. The highest BCUT2D eigenvalue weighted by Crippen LogP contribution is 2.29. The number of hydrogen-bond acceptors (Lipinski definition) is 5. The van der Waals surface area contributed by atoms with Crippen LogP contribution in [0, 0.1) is 0 Å². The number of carbonyl (C=O) groups is 1. The summed E-state index contributed by atoms with van der Waals surface area (Å²) in [6, 6.07) is 7.70. The molecule has 1 aliphatic rings. The van der Waals surface area contributed by atoms with Gasteiger partial charge in [-0.1, -0.05) is 17.8 Å². The molecule has 1 fully saturated rings. The van der Waals surface area contributed by atoms with Crippen LogP contribution in [0.2, 0.25) is 0 Å². The van der Waals surface area contributed by atoms with E-state index in [2.05, 4.69) is 16.8 Å². The highest BCUT2D eigenvalue weighted by atomic mass is 32.2. The minimum absolute atomic E-state index is 0.173. The molecule has 1 atom stereocenters. The molecule has 3 rings (SSSR count). The van der Waals surface area contributed by atoms with Crippen molar-refractivity contribution < 1.29 is 9.53 Å². The van der Waals surface area contributed by atoms with E-state index >= 15 is 0 Å². The van der Waals surface area contributed by atoms with E-state index in [1.807, 2.05) is 46.7 Å². The number of likely N-dealkylation sites (tertiary alicyclic amines) is 1. The maximum absolute atomic E-state index is 12.6. The summed E-state index contributed by atoms with van der Waals surface area (Å²) in [5.74, 6) is 1.73. The fraction of sp³-hybridized carbons (Fsp3) is 0.421. The van der Waals surface area contributed by atoms with Crippen molar-refractivity contribution in [1.82, 2.24) is 19.7 Å². The molecule has 138 valence electrons. The van der Waals surface area contributed by atoms with Crippen molar-refractivity contribution in [3.05, 3.63) is 36.9 Å². The molecule has 1 aromatic carbocycles. The zero-order chi connectivity index (χ0) is 18.5. The molecule has 1 saturated heterocycles. The average Bonchev–Trinajstić information content (AvgIpc) is 3.32. The summed E-state index contributed by atoms with van der Waals surface area (Å²) in [5.41, 5.74) is 0.950. The van der Waals surface area contributed by atoms with Gasteiger partial charge in [0.15, 0.2) is 11.0 Å². The molecule has 2 heterocycles. The van der Waals surface area contributed by atoms with E-state index in [9.17, 15) is 4.79 Å². The lowest BCUT2D eigenvalue weighted by molar-refractivity contribution is -0.129. The second-order valence-electron chi connectivity index (χ2n) is 6.23. The van der Waals surface area contributed by atoms with E-state index in [1.54, 1.807) is 7.11 Å². The molecule has 2 aromatic rings. The molecular weight excluding hydrogens is 348 g/mol. The Labute approximate surface area is 158 Å². The number of amides is 1. The minimum atomic E-state index is -0.190.